The first-order valence-electron chi connectivity index (χ1n) is 5.87. The molecular formula is C13H19F2NO. The van der Waals surface area contributed by atoms with Gasteiger partial charge >= 0.3 is 0 Å². The number of hydrogen-bond donors (Lipinski definition) is 2. The highest BCUT2D eigenvalue weighted by Crippen LogP contribution is 2.20. The zero-order valence-electron chi connectivity index (χ0n) is 10.2. The molecule has 0 aliphatic carbocycles. The molecule has 0 amide bonds. The van der Waals surface area contributed by atoms with Gasteiger partial charge in [0, 0.05) is 11.6 Å². The van der Waals surface area contributed by atoms with Gasteiger partial charge < -0.3 is 10.4 Å². The Balaban J connectivity index is 2.49. The quantitative estimate of drug-likeness (QED) is 0.753. The lowest BCUT2D eigenvalue weighted by molar-refractivity contribution is 0.181. The average Bonchev–Trinajstić information content (AvgIpc) is 2.24. The highest BCUT2D eigenvalue weighted by atomic mass is 19.1. The molecule has 17 heavy (non-hydrogen) atoms. The van der Waals surface area contributed by atoms with Crippen molar-refractivity contribution in [1.29, 1.82) is 0 Å². The number of aliphatic hydroxyl groups is 1. The van der Waals surface area contributed by atoms with Crippen LogP contribution in [0.1, 0.15) is 38.3 Å². The van der Waals surface area contributed by atoms with Crippen LogP contribution in [0.2, 0.25) is 0 Å². The molecule has 1 aromatic rings. The van der Waals surface area contributed by atoms with Crippen LogP contribution in [-0.4, -0.2) is 17.8 Å². The fraction of sp³-hybridized carbons (Fsp3) is 0.538. The van der Waals surface area contributed by atoms with Crippen LogP contribution in [0.4, 0.5) is 8.78 Å². The molecule has 1 aromatic carbocycles. The van der Waals surface area contributed by atoms with Gasteiger partial charge in [0.15, 0.2) is 0 Å². The Morgan fingerprint density at radius 2 is 1.82 bits per heavy atom. The van der Waals surface area contributed by atoms with Gasteiger partial charge in [0.25, 0.3) is 0 Å². The van der Waals surface area contributed by atoms with Gasteiger partial charge in [-0.2, -0.15) is 0 Å². The molecule has 0 radical (unpaired) electrons. The number of aliphatic hydroxyl groups excluding tert-OH is 1. The van der Waals surface area contributed by atoms with E-state index in [1.165, 1.54) is 18.2 Å². The molecule has 1 rings (SSSR count). The summed E-state index contributed by atoms with van der Waals surface area (Å²) >= 11 is 0. The smallest absolute Gasteiger partial charge is 0.130 e. The minimum Gasteiger partial charge on any atom is -0.393 e. The van der Waals surface area contributed by atoms with Crippen LogP contribution < -0.4 is 5.32 Å². The lowest BCUT2D eigenvalue weighted by Crippen LogP contribution is -2.22. The van der Waals surface area contributed by atoms with Crippen molar-refractivity contribution in [3.8, 4) is 0 Å². The van der Waals surface area contributed by atoms with Crippen LogP contribution in [0, 0.1) is 11.6 Å². The Morgan fingerprint density at radius 3 is 2.35 bits per heavy atom. The van der Waals surface area contributed by atoms with Crippen LogP contribution >= 0.6 is 0 Å². The maximum atomic E-state index is 13.4. The van der Waals surface area contributed by atoms with E-state index in [0.29, 0.717) is 13.0 Å². The largest absolute Gasteiger partial charge is 0.393 e. The molecule has 0 heterocycles. The fourth-order valence-electron chi connectivity index (χ4n) is 1.74. The minimum atomic E-state index is -0.527. The maximum Gasteiger partial charge on any atom is 0.130 e. The molecule has 2 unspecified atom stereocenters. The highest BCUT2D eigenvalue weighted by Gasteiger charge is 2.14. The molecule has 96 valence electrons. The number of benzene rings is 1. The lowest BCUT2D eigenvalue weighted by atomic mass is 10.1. The van der Waals surface area contributed by atoms with Gasteiger partial charge in [-0.25, -0.2) is 8.78 Å². The van der Waals surface area contributed by atoms with Gasteiger partial charge in [-0.1, -0.05) is 6.07 Å². The predicted molar refractivity (Wildman–Crippen MR) is 63.7 cm³/mol. The second-order valence-electron chi connectivity index (χ2n) is 4.30. The van der Waals surface area contributed by atoms with Gasteiger partial charge in [0.1, 0.15) is 11.6 Å². The molecule has 0 aliphatic heterocycles. The molecule has 0 fully saturated rings. The summed E-state index contributed by atoms with van der Waals surface area (Å²) < 4.78 is 26.8. The Bertz CT molecular complexity index is 335. The molecule has 4 heteroatoms. The third-order valence-electron chi connectivity index (χ3n) is 2.68. The monoisotopic (exact) mass is 243 g/mol. The summed E-state index contributed by atoms with van der Waals surface area (Å²) in [5.41, 5.74) is 0.0737. The first-order chi connectivity index (χ1) is 8.02. The fourth-order valence-corrected chi connectivity index (χ4v) is 1.74. The van der Waals surface area contributed by atoms with Crippen molar-refractivity contribution in [2.75, 3.05) is 6.54 Å². The molecule has 0 saturated carbocycles. The Morgan fingerprint density at radius 1 is 1.24 bits per heavy atom. The van der Waals surface area contributed by atoms with E-state index in [2.05, 4.69) is 5.32 Å². The molecular weight excluding hydrogens is 224 g/mol. The normalized spacial score (nSPS) is 14.6. The van der Waals surface area contributed by atoms with Gasteiger partial charge in [0.2, 0.25) is 0 Å². The van der Waals surface area contributed by atoms with E-state index in [4.69, 9.17) is 5.11 Å². The second kappa shape index (κ2) is 6.67. The molecule has 0 saturated heterocycles. The van der Waals surface area contributed by atoms with Gasteiger partial charge in [0.05, 0.1) is 6.10 Å². The van der Waals surface area contributed by atoms with E-state index >= 15 is 0 Å². The van der Waals surface area contributed by atoms with Crippen LogP contribution in [0.15, 0.2) is 18.2 Å². The molecule has 0 aliphatic rings. The van der Waals surface area contributed by atoms with Gasteiger partial charge in [-0.05, 0) is 45.4 Å². The predicted octanol–water partition coefficient (Wildman–Crippen LogP) is 2.78. The molecule has 0 bridgehead atoms. The molecule has 2 N–H and O–H groups in total. The van der Waals surface area contributed by atoms with Crippen molar-refractivity contribution in [3.05, 3.63) is 35.4 Å². The zero-order valence-corrected chi connectivity index (χ0v) is 10.2. The second-order valence-corrected chi connectivity index (χ2v) is 4.30. The van der Waals surface area contributed by atoms with E-state index in [0.717, 1.165) is 6.42 Å². The zero-order chi connectivity index (χ0) is 12.8. The van der Waals surface area contributed by atoms with E-state index in [9.17, 15) is 8.78 Å². The molecule has 2 atom stereocenters. The van der Waals surface area contributed by atoms with Crippen molar-refractivity contribution >= 4 is 0 Å². The first-order valence-corrected chi connectivity index (χ1v) is 5.87. The molecule has 0 aromatic heterocycles. The summed E-state index contributed by atoms with van der Waals surface area (Å²) in [7, 11) is 0. The van der Waals surface area contributed by atoms with Crippen molar-refractivity contribution in [2.24, 2.45) is 0 Å². The number of nitrogens with one attached hydrogen (secondary N) is 1. The van der Waals surface area contributed by atoms with Gasteiger partial charge in [-0.15, -0.1) is 0 Å². The van der Waals surface area contributed by atoms with Crippen LogP contribution in [0.5, 0.6) is 0 Å². The summed E-state index contributed by atoms with van der Waals surface area (Å²) in [5, 5.41) is 12.1. The van der Waals surface area contributed by atoms with Crippen molar-refractivity contribution < 1.29 is 13.9 Å². The SMILES string of the molecule is CC(O)CCCNC(C)c1c(F)cccc1F. The number of hydrogen-bond acceptors (Lipinski definition) is 2. The van der Waals surface area contributed by atoms with E-state index in [1.807, 2.05) is 0 Å². The van der Waals surface area contributed by atoms with E-state index < -0.39 is 11.6 Å². The highest BCUT2D eigenvalue weighted by molar-refractivity contribution is 5.22. The van der Waals surface area contributed by atoms with E-state index in [-0.39, 0.29) is 17.7 Å². The van der Waals surface area contributed by atoms with Crippen molar-refractivity contribution in [1.82, 2.24) is 5.32 Å². The van der Waals surface area contributed by atoms with Crippen LogP contribution in [0.3, 0.4) is 0 Å². The van der Waals surface area contributed by atoms with Crippen LogP contribution in [-0.2, 0) is 0 Å². The number of halogens is 2. The Labute approximate surface area is 101 Å². The summed E-state index contributed by atoms with van der Waals surface area (Å²) in [4.78, 5) is 0. The number of rotatable bonds is 6. The average molecular weight is 243 g/mol. The first kappa shape index (κ1) is 14.1. The van der Waals surface area contributed by atoms with Gasteiger partial charge in [-0.3, -0.25) is 0 Å². The van der Waals surface area contributed by atoms with Crippen LogP contribution in [0.25, 0.3) is 0 Å². The maximum absolute atomic E-state index is 13.4. The summed E-state index contributed by atoms with van der Waals surface area (Å²) in [6.45, 7) is 4.07. The molecule has 0 spiro atoms. The van der Waals surface area contributed by atoms with Crippen molar-refractivity contribution in [3.63, 3.8) is 0 Å². The summed E-state index contributed by atoms with van der Waals surface area (Å²) in [6, 6.07) is 3.50. The Kier molecular flexibility index (Phi) is 5.51. The minimum absolute atomic E-state index is 0.0737. The summed E-state index contributed by atoms with van der Waals surface area (Å²) in [5.74, 6) is -1.05. The third kappa shape index (κ3) is 4.40. The van der Waals surface area contributed by atoms with Crippen molar-refractivity contribution in [2.45, 2.75) is 38.8 Å². The molecule has 2 nitrogen and oxygen atoms in total. The van der Waals surface area contributed by atoms with E-state index in [1.54, 1.807) is 13.8 Å². The Hall–Kier alpha value is -1.00. The topological polar surface area (TPSA) is 32.3 Å². The third-order valence-corrected chi connectivity index (χ3v) is 2.68. The lowest BCUT2D eigenvalue weighted by Gasteiger charge is -2.16. The standard InChI is InChI=1S/C13H19F2NO/c1-9(17)5-4-8-16-10(2)13-11(14)6-3-7-12(13)15/h3,6-7,9-10,16-17H,4-5,8H2,1-2H3. The summed E-state index contributed by atoms with van der Waals surface area (Å²) in [6.07, 6.45) is 1.12.